The zero-order chi connectivity index (χ0) is 24.7. The number of carbonyl (C=O) groups is 1. The number of nitrogens with one attached hydrogen (secondary N) is 1. The van der Waals surface area contributed by atoms with Crippen LogP contribution in [0.4, 0.5) is 13.2 Å². The molecule has 1 aliphatic heterocycles. The van der Waals surface area contributed by atoms with Gasteiger partial charge in [0.2, 0.25) is 0 Å². The number of amides is 1. The van der Waals surface area contributed by atoms with Crippen molar-refractivity contribution in [3.8, 4) is 5.75 Å². The largest absolute Gasteiger partial charge is 0.484 e. The van der Waals surface area contributed by atoms with E-state index in [1.807, 2.05) is 12.1 Å². The maximum absolute atomic E-state index is 12.7. The van der Waals surface area contributed by atoms with Crippen molar-refractivity contribution in [1.29, 1.82) is 0 Å². The molecular formula is C26H29F3N2O4. The highest BCUT2D eigenvalue weighted by molar-refractivity contribution is 6.02. The first-order valence-electron chi connectivity index (χ1n) is 11.8. The average Bonchev–Trinajstić information content (AvgIpc) is 2.86. The van der Waals surface area contributed by atoms with Crippen LogP contribution >= 0.6 is 0 Å². The van der Waals surface area contributed by atoms with E-state index in [9.17, 15) is 18.0 Å². The third-order valence-electron chi connectivity index (χ3n) is 6.23. The molecule has 2 aromatic carbocycles. The number of fused-ring (bicyclic) bond motifs is 1. The van der Waals surface area contributed by atoms with E-state index in [0.29, 0.717) is 23.8 Å². The molecule has 1 saturated heterocycles. The monoisotopic (exact) mass is 490 g/mol. The minimum Gasteiger partial charge on any atom is -0.484 e. The highest BCUT2D eigenvalue weighted by atomic mass is 19.4. The quantitative estimate of drug-likeness (QED) is 0.536. The number of benzene rings is 2. The van der Waals surface area contributed by atoms with E-state index in [4.69, 9.17) is 14.3 Å². The van der Waals surface area contributed by atoms with Crippen LogP contribution < -0.4 is 10.1 Å². The van der Waals surface area contributed by atoms with E-state index in [1.165, 1.54) is 12.1 Å². The van der Waals surface area contributed by atoms with Crippen molar-refractivity contribution in [2.24, 2.45) is 11.1 Å². The number of halogens is 3. The summed E-state index contributed by atoms with van der Waals surface area (Å²) in [6.45, 7) is 2.18. The van der Waals surface area contributed by atoms with Gasteiger partial charge in [-0.2, -0.15) is 13.2 Å². The molecule has 9 heteroatoms. The predicted octanol–water partition coefficient (Wildman–Crippen LogP) is 4.88. The summed E-state index contributed by atoms with van der Waals surface area (Å²) < 4.78 is 49.1. The molecule has 1 heterocycles. The first kappa shape index (κ1) is 25.0. The van der Waals surface area contributed by atoms with Crippen LogP contribution in [0.25, 0.3) is 0 Å². The fraction of sp³-hybridized carbons (Fsp3) is 0.462. The Morgan fingerprint density at radius 3 is 2.60 bits per heavy atom. The van der Waals surface area contributed by atoms with E-state index in [0.717, 1.165) is 74.3 Å². The van der Waals surface area contributed by atoms with Crippen molar-refractivity contribution < 1.29 is 32.3 Å². The molecule has 0 unspecified atom stereocenters. The van der Waals surface area contributed by atoms with Gasteiger partial charge < -0.3 is 19.6 Å². The highest BCUT2D eigenvalue weighted by Gasteiger charge is 2.30. The lowest BCUT2D eigenvalue weighted by Gasteiger charge is -2.22. The third-order valence-corrected chi connectivity index (χ3v) is 6.23. The fourth-order valence-electron chi connectivity index (χ4n) is 4.21. The lowest BCUT2D eigenvalue weighted by molar-refractivity contribution is -0.137. The molecule has 1 N–H and O–H groups in total. The molecule has 1 aliphatic carbocycles. The Labute approximate surface area is 202 Å². The maximum atomic E-state index is 12.7. The van der Waals surface area contributed by atoms with E-state index >= 15 is 0 Å². The van der Waals surface area contributed by atoms with Gasteiger partial charge >= 0.3 is 6.18 Å². The standard InChI is InChI=1S/C26H29F3N2O4/c27-26(28,29)21-6-4-19(5-7-21)16-35-31-24-3-1-2-20-14-22(8-9-23(20)24)34-17-25(32)30-15-18-10-12-33-13-11-18/h4-9,14,18H,1-3,10-13,15-17H2,(H,30,32)/b31-24-. The normalized spacial score (nSPS) is 17.6. The third kappa shape index (κ3) is 7.21. The number of rotatable bonds is 8. The van der Waals surface area contributed by atoms with Crippen LogP contribution in [0, 0.1) is 5.92 Å². The highest BCUT2D eigenvalue weighted by Crippen LogP contribution is 2.29. The average molecular weight is 491 g/mol. The van der Waals surface area contributed by atoms with Crippen LogP contribution in [0.1, 0.15) is 47.9 Å². The van der Waals surface area contributed by atoms with Crippen LogP contribution in [0.3, 0.4) is 0 Å². The Bertz CT molecular complexity index is 1030. The number of aryl methyl sites for hydroxylation is 1. The van der Waals surface area contributed by atoms with E-state index in [2.05, 4.69) is 10.5 Å². The molecule has 1 fully saturated rings. The summed E-state index contributed by atoms with van der Waals surface area (Å²) in [5.41, 5.74) is 2.73. The van der Waals surface area contributed by atoms with Gasteiger partial charge in [0.1, 0.15) is 12.4 Å². The fourth-order valence-corrected chi connectivity index (χ4v) is 4.21. The molecule has 0 spiro atoms. The summed E-state index contributed by atoms with van der Waals surface area (Å²) >= 11 is 0. The van der Waals surface area contributed by atoms with Gasteiger partial charge in [-0.15, -0.1) is 0 Å². The van der Waals surface area contributed by atoms with E-state index < -0.39 is 11.7 Å². The summed E-state index contributed by atoms with van der Waals surface area (Å²) in [7, 11) is 0. The molecule has 6 nitrogen and oxygen atoms in total. The van der Waals surface area contributed by atoms with E-state index in [-0.39, 0.29) is 19.1 Å². The molecule has 4 rings (SSSR count). The van der Waals surface area contributed by atoms with Crippen LogP contribution in [-0.2, 0) is 33.6 Å². The zero-order valence-corrected chi connectivity index (χ0v) is 19.4. The Hall–Kier alpha value is -3.07. The number of hydrogen-bond acceptors (Lipinski definition) is 5. The topological polar surface area (TPSA) is 69.2 Å². The maximum Gasteiger partial charge on any atom is 0.416 e. The molecule has 0 aromatic heterocycles. The van der Waals surface area contributed by atoms with Gasteiger partial charge in [-0.1, -0.05) is 17.3 Å². The molecular weight excluding hydrogens is 461 g/mol. The smallest absolute Gasteiger partial charge is 0.416 e. The number of carbonyl (C=O) groups excluding carboxylic acids is 1. The second kappa shape index (κ2) is 11.6. The Balaban J connectivity index is 1.28. The minimum absolute atomic E-state index is 0.0425. The first-order chi connectivity index (χ1) is 16.9. The van der Waals surface area contributed by atoms with Crippen molar-refractivity contribution in [3.05, 3.63) is 64.7 Å². The Morgan fingerprint density at radius 2 is 1.86 bits per heavy atom. The number of nitrogens with zero attached hydrogens (tertiary/aromatic N) is 1. The Morgan fingerprint density at radius 1 is 1.09 bits per heavy atom. The zero-order valence-electron chi connectivity index (χ0n) is 19.4. The summed E-state index contributed by atoms with van der Waals surface area (Å²) in [5.74, 6) is 0.931. The lowest BCUT2D eigenvalue weighted by atomic mass is 9.90. The molecule has 2 aliphatic rings. The van der Waals surface area contributed by atoms with Gasteiger partial charge in [0.25, 0.3) is 5.91 Å². The van der Waals surface area contributed by atoms with Gasteiger partial charge in [0, 0.05) is 25.3 Å². The van der Waals surface area contributed by atoms with Crippen LogP contribution in [-0.4, -0.2) is 38.0 Å². The van der Waals surface area contributed by atoms with Gasteiger partial charge in [0.15, 0.2) is 6.61 Å². The van der Waals surface area contributed by atoms with Crippen LogP contribution in [0.5, 0.6) is 5.75 Å². The van der Waals surface area contributed by atoms with Crippen molar-refractivity contribution in [2.45, 2.75) is 44.9 Å². The van der Waals surface area contributed by atoms with E-state index in [1.54, 1.807) is 6.07 Å². The molecule has 188 valence electrons. The second-order valence-electron chi connectivity index (χ2n) is 8.83. The molecule has 1 amide bonds. The molecule has 2 aromatic rings. The SMILES string of the molecule is O=C(COc1ccc2c(c1)CCC/C2=N/OCc1ccc(C(F)(F)F)cc1)NCC1CCOCC1. The number of oxime groups is 1. The first-order valence-corrected chi connectivity index (χ1v) is 11.8. The van der Waals surface area contributed by atoms with Gasteiger partial charge in [0.05, 0.1) is 11.3 Å². The number of ether oxygens (including phenoxy) is 2. The Kier molecular flexibility index (Phi) is 8.28. The summed E-state index contributed by atoms with van der Waals surface area (Å²) in [4.78, 5) is 17.6. The van der Waals surface area contributed by atoms with Crippen molar-refractivity contribution in [1.82, 2.24) is 5.32 Å². The molecule has 35 heavy (non-hydrogen) atoms. The summed E-state index contributed by atoms with van der Waals surface area (Å²) in [5, 5.41) is 7.17. The summed E-state index contributed by atoms with van der Waals surface area (Å²) in [6.07, 6.45) is 0.0656. The van der Waals surface area contributed by atoms with Gasteiger partial charge in [-0.25, -0.2) is 0 Å². The van der Waals surface area contributed by atoms with Crippen molar-refractivity contribution in [3.63, 3.8) is 0 Å². The molecule has 0 saturated carbocycles. The van der Waals surface area contributed by atoms with Crippen LogP contribution in [0.15, 0.2) is 47.6 Å². The minimum atomic E-state index is -4.36. The molecule has 0 bridgehead atoms. The van der Waals surface area contributed by atoms with Crippen LogP contribution in [0.2, 0.25) is 0 Å². The number of alkyl halides is 3. The summed E-state index contributed by atoms with van der Waals surface area (Å²) in [6, 6.07) is 10.5. The lowest BCUT2D eigenvalue weighted by Crippen LogP contribution is -2.35. The predicted molar refractivity (Wildman–Crippen MR) is 124 cm³/mol. The number of hydrogen-bond donors (Lipinski definition) is 1. The van der Waals surface area contributed by atoms with Gasteiger partial charge in [-0.05, 0) is 79.5 Å². The van der Waals surface area contributed by atoms with Gasteiger partial charge in [-0.3, -0.25) is 4.79 Å². The van der Waals surface area contributed by atoms with Crippen molar-refractivity contribution >= 4 is 11.6 Å². The van der Waals surface area contributed by atoms with Crippen molar-refractivity contribution in [2.75, 3.05) is 26.4 Å². The molecule has 0 atom stereocenters. The molecule has 0 radical (unpaired) electrons. The second-order valence-corrected chi connectivity index (χ2v) is 8.83.